The van der Waals surface area contributed by atoms with Gasteiger partial charge in [0.15, 0.2) is 0 Å². The molecule has 1 aliphatic rings. The number of piperidine rings is 1. The lowest BCUT2D eigenvalue weighted by Crippen LogP contribution is -2.37. The molecule has 0 aromatic carbocycles. The fraction of sp³-hybridized carbons (Fsp3) is 1.00. The molecule has 13 heavy (non-hydrogen) atoms. The van der Waals surface area contributed by atoms with E-state index in [0.717, 1.165) is 0 Å². The highest BCUT2D eigenvalue weighted by molar-refractivity contribution is 4.77. The van der Waals surface area contributed by atoms with Gasteiger partial charge in [-0.1, -0.05) is 41.5 Å². The SMILES string of the molecule is CC.CC.CN1CCCC(C)(C)C1. The van der Waals surface area contributed by atoms with Gasteiger partial charge in [0.2, 0.25) is 0 Å². The molecule has 0 unspecified atom stereocenters. The number of hydrogen-bond donors (Lipinski definition) is 0. The van der Waals surface area contributed by atoms with E-state index in [1.165, 1.54) is 25.9 Å². The Labute approximate surface area is 85.5 Å². The van der Waals surface area contributed by atoms with Crippen LogP contribution in [-0.2, 0) is 0 Å². The van der Waals surface area contributed by atoms with Crippen LogP contribution >= 0.6 is 0 Å². The minimum absolute atomic E-state index is 0.576. The molecular formula is C12H29N. The third-order valence-corrected chi connectivity index (χ3v) is 2.09. The molecule has 0 spiro atoms. The lowest BCUT2D eigenvalue weighted by atomic mass is 9.84. The standard InChI is InChI=1S/C8H17N.2C2H6/c1-8(2)5-4-6-9(3)7-8;2*1-2/h4-7H2,1-3H3;2*1-2H3. The van der Waals surface area contributed by atoms with Gasteiger partial charge in [0.25, 0.3) is 0 Å². The van der Waals surface area contributed by atoms with Crippen molar-refractivity contribution in [3.05, 3.63) is 0 Å². The Morgan fingerprint density at radius 2 is 1.46 bits per heavy atom. The molecule has 0 aromatic rings. The second-order valence-corrected chi connectivity index (χ2v) is 4.01. The Hall–Kier alpha value is -0.0400. The van der Waals surface area contributed by atoms with Crippen molar-refractivity contribution in [1.82, 2.24) is 4.90 Å². The van der Waals surface area contributed by atoms with Crippen molar-refractivity contribution in [2.45, 2.75) is 54.4 Å². The van der Waals surface area contributed by atoms with Crippen LogP contribution in [0.15, 0.2) is 0 Å². The fourth-order valence-corrected chi connectivity index (χ4v) is 1.72. The molecule has 1 heteroatoms. The van der Waals surface area contributed by atoms with Crippen LogP contribution in [0.3, 0.4) is 0 Å². The normalized spacial score (nSPS) is 20.5. The second-order valence-electron chi connectivity index (χ2n) is 4.01. The summed E-state index contributed by atoms with van der Waals surface area (Å²) in [5.74, 6) is 0. The van der Waals surface area contributed by atoms with Crippen LogP contribution in [0.1, 0.15) is 54.4 Å². The molecule has 0 aliphatic carbocycles. The molecule has 1 heterocycles. The molecule has 0 atom stereocenters. The van der Waals surface area contributed by atoms with Crippen molar-refractivity contribution < 1.29 is 0 Å². The first-order chi connectivity index (χ1) is 6.10. The second kappa shape index (κ2) is 8.55. The quantitative estimate of drug-likeness (QED) is 0.558. The van der Waals surface area contributed by atoms with Gasteiger partial charge >= 0.3 is 0 Å². The van der Waals surface area contributed by atoms with Crippen molar-refractivity contribution >= 4 is 0 Å². The minimum atomic E-state index is 0.576. The summed E-state index contributed by atoms with van der Waals surface area (Å²) < 4.78 is 0. The average molecular weight is 187 g/mol. The summed E-state index contributed by atoms with van der Waals surface area (Å²) in [6.07, 6.45) is 2.78. The van der Waals surface area contributed by atoms with Crippen molar-refractivity contribution in [2.24, 2.45) is 5.41 Å². The van der Waals surface area contributed by atoms with Crippen LogP contribution in [0.2, 0.25) is 0 Å². The van der Waals surface area contributed by atoms with Gasteiger partial charge in [-0.25, -0.2) is 0 Å². The highest BCUT2D eigenvalue weighted by Crippen LogP contribution is 2.26. The van der Waals surface area contributed by atoms with E-state index in [9.17, 15) is 0 Å². The molecule has 1 fully saturated rings. The maximum absolute atomic E-state index is 2.42. The Balaban J connectivity index is 0. The summed E-state index contributed by atoms with van der Waals surface area (Å²) in [6.45, 7) is 15.3. The van der Waals surface area contributed by atoms with Crippen LogP contribution in [-0.4, -0.2) is 25.0 Å². The third-order valence-electron chi connectivity index (χ3n) is 2.09. The zero-order chi connectivity index (χ0) is 10.9. The minimum Gasteiger partial charge on any atom is -0.306 e. The predicted octanol–water partition coefficient (Wildman–Crippen LogP) is 3.79. The summed E-state index contributed by atoms with van der Waals surface area (Å²) in [6, 6.07) is 0. The summed E-state index contributed by atoms with van der Waals surface area (Å²) >= 11 is 0. The van der Waals surface area contributed by atoms with Gasteiger partial charge in [0.05, 0.1) is 0 Å². The van der Waals surface area contributed by atoms with Gasteiger partial charge in [-0.15, -0.1) is 0 Å². The van der Waals surface area contributed by atoms with E-state index in [0.29, 0.717) is 5.41 Å². The van der Waals surface area contributed by atoms with Crippen molar-refractivity contribution in [3.8, 4) is 0 Å². The van der Waals surface area contributed by atoms with Crippen molar-refractivity contribution in [3.63, 3.8) is 0 Å². The Kier molecular flexibility index (Phi) is 10.2. The first-order valence-corrected chi connectivity index (χ1v) is 5.79. The van der Waals surface area contributed by atoms with Gasteiger partial charge in [-0.05, 0) is 31.8 Å². The van der Waals surface area contributed by atoms with E-state index in [4.69, 9.17) is 0 Å². The van der Waals surface area contributed by atoms with Crippen LogP contribution < -0.4 is 0 Å². The van der Waals surface area contributed by atoms with E-state index in [2.05, 4.69) is 25.8 Å². The Bertz CT molecular complexity index is 97.3. The van der Waals surface area contributed by atoms with E-state index >= 15 is 0 Å². The first kappa shape index (κ1) is 15.4. The molecule has 0 saturated carbocycles. The molecule has 1 rings (SSSR count). The monoisotopic (exact) mass is 187 g/mol. The Morgan fingerprint density at radius 3 is 1.69 bits per heavy atom. The molecule has 1 saturated heterocycles. The first-order valence-electron chi connectivity index (χ1n) is 5.79. The van der Waals surface area contributed by atoms with Crippen LogP contribution in [0.4, 0.5) is 0 Å². The number of nitrogens with zero attached hydrogens (tertiary/aromatic N) is 1. The van der Waals surface area contributed by atoms with Crippen molar-refractivity contribution in [2.75, 3.05) is 20.1 Å². The summed E-state index contributed by atoms with van der Waals surface area (Å²) in [5, 5.41) is 0. The fourth-order valence-electron chi connectivity index (χ4n) is 1.72. The number of likely N-dealkylation sites (tertiary alicyclic amines) is 1. The lowest BCUT2D eigenvalue weighted by Gasteiger charge is -2.35. The molecule has 0 amide bonds. The van der Waals surface area contributed by atoms with E-state index in [-0.39, 0.29) is 0 Å². The molecule has 0 radical (unpaired) electrons. The average Bonchev–Trinajstić information content (AvgIpc) is 2.09. The highest BCUT2D eigenvalue weighted by Gasteiger charge is 2.23. The van der Waals surface area contributed by atoms with Crippen molar-refractivity contribution in [1.29, 1.82) is 0 Å². The molecule has 0 aromatic heterocycles. The smallest absolute Gasteiger partial charge is 0.00296 e. The predicted molar refractivity (Wildman–Crippen MR) is 63.2 cm³/mol. The molecular weight excluding hydrogens is 158 g/mol. The number of rotatable bonds is 0. The van der Waals surface area contributed by atoms with E-state index in [1.807, 2.05) is 27.7 Å². The topological polar surface area (TPSA) is 3.24 Å². The summed E-state index contributed by atoms with van der Waals surface area (Å²) in [5.41, 5.74) is 0.576. The van der Waals surface area contributed by atoms with Crippen LogP contribution in [0.5, 0.6) is 0 Å². The van der Waals surface area contributed by atoms with Gasteiger partial charge < -0.3 is 4.90 Å². The van der Waals surface area contributed by atoms with Crippen LogP contribution in [0.25, 0.3) is 0 Å². The van der Waals surface area contributed by atoms with E-state index in [1.54, 1.807) is 0 Å². The molecule has 1 nitrogen and oxygen atoms in total. The zero-order valence-electron chi connectivity index (χ0n) is 10.8. The maximum Gasteiger partial charge on any atom is 0.00296 e. The van der Waals surface area contributed by atoms with Gasteiger partial charge in [0, 0.05) is 6.54 Å². The van der Waals surface area contributed by atoms with Gasteiger partial charge in [0.1, 0.15) is 0 Å². The van der Waals surface area contributed by atoms with Gasteiger partial charge in [-0.3, -0.25) is 0 Å². The van der Waals surface area contributed by atoms with E-state index < -0.39 is 0 Å². The summed E-state index contributed by atoms with van der Waals surface area (Å²) in [4.78, 5) is 2.42. The molecule has 0 bridgehead atoms. The van der Waals surface area contributed by atoms with Crippen LogP contribution in [0, 0.1) is 5.41 Å². The Morgan fingerprint density at radius 1 is 1.00 bits per heavy atom. The molecule has 1 aliphatic heterocycles. The van der Waals surface area contributed by atoms with Gasteiger partial charge in [-0.2, -0.15) is 0 Å². The zero-order valence-corrected chi connectivity index (χ0v) is 10.8. The molecule has 0 N–H and O–H groups in total. The number of hydrogen-bond acceptors (Lipinski definition) is 1. The maximum atomic E-state index is 2.42. The third kappa shape index (κ3) is 8.29. The molecule has 82 valence electrons. The lowest BCUT2D eigenvalue weighted by molar-refractivity contribution is 0.143. The summed E-state index contributed by atoms with van der Waals surface area (Å²) in [7, 11) is 2.21. The highest BCUT2D eigenvalue weighted by atomic mass is 15.1. The largest absolute Gasteiger partial charge is 0.306 e.